The van der Waals surface area contributed by atoms with Crippen LogP contribution in [-0.4, -0.2) is 4.98 Å². The van der Waals surface area contributed by atoms with Gasteiger partial charge in [-0.15, -0.1) is 0 Å². The minimum Gasteiger partial charge on any atom is -0.256 e. The molecule has 24 heavy (non-hydrogen) atoms. The second-order valence-corrected chi connectivity index (χ2v) is 6.02. The second kappa shape index (κ2) is 6.29. The molecule has 1 heterocycles. The van der Waals surface area contributed by atoms with E-state index in [0.29, 0.717) is 0 Å². The first-order valence-electron chi connectivity index (χ1n) is 8.38. The lowest BCUT2D eigenvalue weighted by molar-refractivity contribution is 1.14. The van der Waals surface area contributed by atoms with E-state index in [-0.39, 0.29) is 0 Å². The molecule has 0 aliphatic carbocycles. The summed E-state index contributed by atoms with van der Waals surface area (Å²) in [5.74, 6) is 0. The lowest BCUT2D eigenvalue weighted by atomic mass is 9.95. The zero-order chi connectivity index (χ0) is 16.4. The number of rotatable bonds is 3. The van der Waals surface area contributed by atoms with Crippen LogP contribution in [0.15, 0.2) is 85.1 Å². The second-order valence-electron chi connectivity index (χ2n) is 6.02. The number of aromatic nitrogens is 1. The zero-order valence-electron chi connectivity index (χ0n) is 13.7. The first-order chi connectivity index (χ1) is 11.8. The van der Waals surface area contributed by atoms with Crippen molar-refractivity contribution in [2.24, 2.45) is 0 Å². The SMILES string of the molecule is CCc1cc(-c2cccc(-c3ccccc3)c2)c2ncccc2c1. The smallest absolute Gasteiger partial charge is 0.0780 e. The van der Waals surface area contributed by atoms with Crippen LogP contribution >= 0.6 is 0 Å². The molecule has 116 valence electrons. The molecule has 0 N–H and O–H groups in total. The lowest BCUT2D eigenvalue weighted by Crippen LogP contribution is -1.89. The molecule has 0 fully saturated rings. The zero-order valence-corrected chi connectivity index (χ0v) is 13.7. The molecule has 0 aliphatic heterocycles. The average molecular weight is 309 g/mol. The Morgan fingerprint density at radius 1 is 0.708 bits per heavy atom. The van der Waals surface area contributed by atoms with Crippen molar-refractivity contribution in [3.63, 3.8) is 0 Å². The fourth-order valence-electron chi connectivity index (χ4n) is 3.18. The van der Waals surface area contributed by atoms with E-state index < -0.39 is 0 Å². The lowest BCUT2D eigenvalue weighted by Gasteiger charge is -2.11. The third-order valence-corrected chi connectivity index (χ3v) is 4.45. The molecule has 0 saturated heterocycles. The van der Waals surface area contributed by atoms with E-state index in [4.69, 9.17) is 0 Å². The molecule has 0 atom stereocenters. The molecule has 0 saturated carbocycles. The van der Waals surface area contributed by atoms with Gasteiger partial charge in [0.05, 0.1) is 5.52 Å². The number of pyridine rings is 1. The molecule has 3 aromatic carbocycles. The molecular weight excluding hydrogens is 290 g/mol. The highest BCUT2D eigenvalue weighted by Gasteiger charge is 2.08. The molecule has 4 aromatic rings. The summed E-state index contributed by atoms with van der Waals surface area (Å²) >= 11 is 0. The van der Waals surface area contributed by atoms with Crippen molar-refractivity contribution in [1.29, 1.82) is 0 Å². The van der Waals surface area contributed by atoms with Gasteiger partial charge in [0.2, 0.25) is 0 Å². The van der Waals surface area contributed by atoms with Gasteiger partial charge in [-0.3, -0.25) is 4.98 Å². The van der Waals surface area contributed by atoms with Crippen molar-refractivity contribution in [3.8, 4) is 22.3 Å². The molecular formula is C23H19N. The largest absolute Gasteiger partial charge is 0.256 e. The standard InChI is InChI=1S/C23H19N/c1-2-17-14-21-12-7-13-24-23(21)22(15-17)20-11-6-10-19(16-20)18-8-4-3-5-9-18/h3-16H,2H2,1H3. The topological polar surface area (TPSA) is 12.9 Å². The van der Waals surface area contributed by atoms with Crippen LogP contribution in [0, 0.1) is 0 Å². The van der Waals surface area contributed by atoms with Crippen molar-refractivity contribution in [2.75, 3.05) is 0 Å². The Bertz CT molecular complexity index is 987. The Labute approximate surface area is 142 Å². The van der Waals surface area contributed by atoms with E-state index in [9.17, 15) is 0 Å². The van der Waals surface area contributed by atoms with E-state index in [2.05, 4.69) is 84.7 Å². The van der Waals surface area contributed by atoms with Gasteiger partial charge in [-0.05, 0) is 52.9 Å². The van der Waals surface area contributed by atoms with Crippen LogP contribution in [0.1, 0.15) is 12.5 Å². The summed E-state index contributed by atoms with van der Waals surface area (Å²) in [5.41, 5.74) is 7.32. The normalized spacial score (nSPS) is 10.9. The maximum Gasteiger partial charge on any atom is 0.0780 e. The van der Waals surface area contributed by atoms with Gasteiger partial charge >= 0.3 is 0 Å². The first kappa shape index (κ1) is 14.6. The van der Waals surface area contributed by atoms with E-state index in [1.807, 2.05) is 12.3 Å². The Kier molecular flexibility index (Phi) is 3.84. The maximum atomic E-state index is 4.64. The molecule has 0 bridgehead atoms. The van der Waals surface area contributed by atoms with Crippen LogP contribution in [0.2, 0.25) is 0 Å². The highest BCUT2D eigenvalue weighted by Crippen LogP contribution is 2.31. The molecule has 1 heteroatoms. The number of aryl methyl sites for hydroxylation is 1. The molecule has 1 nitrogen and oxygen atoms in total. The minimum atomic E-state index is 1.02. The van der Waals surface area contributed by atoms with Crippen LogP contribution in [-0.2, 0) is 6.42 Å². The van der Waals surface area contributed by atoms with Gasteiger partial charge in [0, 0.05) is 17.1 Å². The molecule has 0 aliphatic rings. The number of nitrogens with zero attached hydrogens (tertiary/aromatic N) is 1. The van der Waals surface area contributed by atoms with Gasteiger partial charge in [-0.25, -0.2) is 0 Å². The molecule has 1 aromatic heterocycles. The van der Waals surface area contributed by atoms with Crippen molar-refractivity contribution >= 4 is 10.9 Å². The number of fused-ring (bicyclic) bond motifs is 1. The summed E-state index contributed by atoms with van der Waals surface area (Å²) < 4.78 is 0. The fourth-order valence-corrected chi connectivity index (χ4v) is 3.18. The Morgan fingerprint density at radius 3 is 2.33 bits per heavy atom. The van der Waals surface area contributed by atoms with Crippen LogP contribution < -0.4 is 0 Å². The van der Waals surface area contributed by atoms with Crippen molar-refractivity contribution in [1.82, 2.24) is 4.98 Å². The van der Waals surface area contributed by atoms with E-state index in [0.717, 1.165) is 11.9 Å². The fraction of sp³-hybridized carbons (Fsp3) is 0.0870. The van der Waals surface area contributed by atoms with Crippen molar-refractivity contribution in [2.45, 2.75) is 13.3 Å². The summed E-state index contributed by atoms with van der Waals surface area (Å²) in [7, 11) is 0. The van der Waals surface area contributed by atoms with Gasteiger partial charge in [0.25, 0.3) is 0 Å². The van der Waals surface area contributed by atoms with E-state index in [1.54, 1.807) is 0 Å². The number of hydrogen-bond donors (Lipinski definition) is 0. The highest BCUT2D eigenvalue weighted by atomic mass is 14.6. The predicted molar refractivity (Wildman–Crippen MR) is 102 cm³/mol. The third-order valence-electron chi connectivity index (χ3n) is 4.45. The van der Waals surface area contributed by atoms with Gasteiger partial charge in [0.1, 0.15) is 0 Å². The van der Waals surface area contributed by atoms with Gasteiger partial charge < -0.3 is 0 Å². The van der Waals surface area contributed by atoms with Gasteiger partial charge in [0.15, 0.2) is 0 Å². The molecule has 0 amide bonds. The predicted octanol–water partition coefficient (Wildman–Crippen LogP) is 6.13. The van der Waals surface area contributed by atoms with Crippen LogP contribution in [0.5, 0.6) is 0 Å². The van der Waals surface area contributed by atoms with E-state index in [1.165, 1.54) is 33.2 Å². The van der Waals surface area contributed by atoms with E-state index >= 15 is 0 Å². The maximum absolute atomic E-state index is 4.64. The Hall–Kier alpha value is -2.93. The molecule has 0 unspecified atom stereocenters. The Balaban J connectivity index is 1.92. The van der Waals surface area contributed by atoms with Crippen molar-refractivity contribution in [3.05, 3.63) is 90.6 Å². The molecule has 0 radical (unpaired) electrons. The summed E-state index contributed by atoms with van der Waals surface area (Å²) in [6.45, 7) is 2.20. The summed E-state index contributed by atoms with van der Waals surface area (Å²) in [5, 5.41) is 1.21. The van der Waals surface area contributed by atoms with Crippen LogP contribution in [0.4, 0.5) is 0 Å². The summed E-state index contributed by atoms with van der Waals surface area (Å²) in [6.07, 6.45) is 2.90. The third kappa shape index (κ3) is 2.69. The minimum absolute atomic E-state index is 1.02. The first-order valence-corrected chi connectivity index (χ1v) is 8.38. The molecule has 0 spiro atoms. The van der Waals surface area contributed by atoms with Gasteiger partial charge in [-0.2, -0.15) is 0 Å². The van der Waals surface area contributed by atoms with Gasteiger partial charge in [-0.1, -0.05) is 61.5 Å². The number of hydrogen-bond acceptors (Lipinski definition) is 1. The molecule has 4 rings (SSSR count). The number of benzene rings is 3. The average Bonchev–Trinajstić information content (AvgIpc) is 2.68. The monoisotopic (exact) mass is 309 g/mol. The van der Waals surface area contributed by atoms with Crippen LogP contribution in [0.25, 0.3) is 33.2 Å². The summed E-state index contributed by atoms with van der Waals surface area (Å²) in [4.78, 5) is 4.64. The Morgan fingerprint density at radius 2 is 1.50 bits per heavy atom. The van der Waals surface area contributed by atoms with Crippen LogP contribution in [0.3, 0.4) is 0 Å². The summed E-state index contributed by atoms with van der Waals surface area (Å²) in [6, 6.07) is 27.9. The highest BCUT2D eigenvalue weighted by molar-refractivity contribution is 5.95. The quantitative estimate of drug-likeness (QED) is 0.443. The van der Waals surface area contributed by atoms with Crippen molar-refractivity contribution < 1.29 is 0 Å².